The molecule has 1 saturated heterocycles. The number of allylic oxidation sites excluding steroid dienone is 7. The highest BCUT2D eigenvalue weighted by Crippen LogP contribution is 2.32. The van der Waals surface area contributed by atoms with Crippen molar-refractivity contribution in [3.8, 4) is 0 Å². The summed E-state index contributed by atoms with van der Waals surface area (Å²) in [6.45, 7) is 8.95. The van der Waals surface area contributed by atoms with E-state index in [1.54, 1.807) is 30.2 Å². The molecule has 2 rings (SSSR count). The van der Waals surface area contributed by atoms with Crippen molar-refractivity contribution in [1.82, 2.24) is 4.90 Å². The molecule has 0 radical (unpaired) electrons. The molecular formula is C26H31ClF3N3O2. The lowest BCUT2D eigenvalue weighted by molar-refractivity contribution is -0.128. The van der Waals surface area contributed by atoms with Crippen LogP contribution < -0.4 is 0 Å². The fourth-order valence-corrected chi connectivity index (χ4v) is 4.03. The summed E-state index contributed by atoms with van der Waals surface area (Å²) in [4.78, 5) is 23.2. The Bertz CT molecular complexity index is 1070. The Morgan fingerprint density at radius 3 is 2.29 bits per heavy atom. The summed E-state index contributed by atoms with van der Waals surface area (Å²) in [7, 11) is 0. The van der Waals surface area contributed by atoms with Crippen LogP contribution in [0.5, 0.6) is 0 Å². The van der Waals surface area contributed by atoms with Crippen molar-refractivity contribution in [3.05, 3.63) is 64.4 Å². The number of nitrogens with zero attached hydrogens (tertiary/aromatic N) is 3. The Hall–Kier alpha value is -2.87. The maximum absolute atomic E-state index is 14.0. The van der Waals surface area contributed by atoms with Gasteiger partial charge in [0.1, 0.15) is 5.70 Å². The first-order valence-corrected chi connectivity index (χ1v) is 11.7. The van der Waals surface area contributed by atoms with Gasteiger partial charge < -0.3 is 9.32 Å². The zero-order valence-corrected chi connectivity index (χ0v) is 21.4. The van der Waals surface area contributed by atoms with E-state index in [0.29, 0.717) is 37.1 Å². The summed E-state index contributed by atoms with van der Waals surface area (Å²) >= 11 is 6.15. The second kappa shape index (κ2) is 12.7. The number of piperidine rings is 1. The molecule has 1 aliphatic rings. The molecule has 0 spiro atoms. The summed E-state index contributed by atoms with van der Waals surface area (Å²) in [5.41, 5.74) is 0.266. The number of amides is 1. The predicted molar refractivity (Wildman–Crippen MR) is 135 cm³/mol. The number of alkyl halides is 3. The summed E-state index contributed by atoms with van der Waals surface area (Å²) in [6, 6.07) is 1.57. The molecule has 2 heterocycles. The number of carbonyl (C=O) groups is 1. The van der Waals surface area contributed by atoms with Crippen LogP contribution in [0.15, 0.2) is 73.2 Å². The molecule has 35 heavy (non-hydrogen) atoms. The number of likely N-dealkylation sites (tertiary alicyclic amines) is 1. The van der Waals surface area contributed by atoms with E-state index in [0.717, 1.165) is 11.8 Å². The van der Waals surface area contributed by atoms with Gasteiger partial charge in [-0.3, -0.25) is 9.79 Å². The molecule has 1 aromatic rings. The van der Waals surface area contributed by atoms with Crippen LogP contribution in [0.4, 0.5) is 13.2 Å². The highest BCUT2D eigenvalue weighted by molar-refractivity contribution is 6.31. The van der Waals surface area contributed by atoms with Gasteiger partial charge in [0, 0.05) is 41.5 Å². The van der Waals surface area contributed by atoms with E-state index >= 15 is 0 Å². The smallest absolute Gasteiger partial charge is 0.418 e. The fraction of sp³-hybridized carbons (Fsp3) is 0.423. The van der Waals surface area contributed by atoms with E-state index in [2.05, 4.69) is 9.98 Å². The maximum atomic E-state index is 14.0. The quantitative estimate of drug-likeness (QED) is 0.219. The molecule has 0 aromatic carbocycles. The molecule has 0 N–H and O–H groups in total. The van der Waals surface area contributed by atoms with Crippen LogP contribution in [0.25, 0.3) is 5.57 Å². The van der Waals surface area contributed by atoms with E-state index < -0.39 is 17.7 Å². The monoisotopic (exact) mass is 509 g/mol. The number of hydrogen-bond acceptors (Lipinski definition) is 4. The minimum Gasteiger partial charge on any atom is -0.472 e. The van der Waals surface area contributed by atoms with Gasteiger partial charge in [-0.2, -0.15) is 13.2 Å². The first-order chi connectivity index (χ1) is 16.5. The van der Waals surface area contributed by atoms with Crippen molar-refractivity contribution in [2.75, 3.05) is 13.1 Å². The van der Waals surface area contributed by atoms with Crippen LogP contribution in [0.2, 0.25) is 0 Å². The van der Waals surface area contributed by atoms with Crippen LogP contribution >= 0.6 is 11.6 Å². The fourth-order valence-electron chi connectivity index (χ4n) is 3.90. The van der Waals surface area contributed by atoms with Gasteiger partial charge >= 0.3 is 6.18 Å². The minimum atomic E-state index is -4.69. The van der Waals surface area contributed by atoms with Crippen molar-refractivity contribution in [2.24, 2.45) is 15.9 Å². The Balaban J connectivity index is 2.33. The number of hydrogen-bond donors (Lipinski definition) is 0. The second-order valence-electron chi connectivity index (χ2n) is 8.06. The highest BCUT2D eigenvalue weighted by atomic mass is 35.5. The van der Waals surface area contributed by atoms with Crippen molar-refractivity contribution in [1.29, 1.82) is 0 Å². The average Bonchev–Trinajstić information content (AvgIpc) is 3.35. The minimum absolute atomic E-state index is 0.0313. The van der Waals surface area contributed by atoms with Gasteiger partial charge in [0.2, 0.25) is 0 Å². The first-order valence-electron chi connectivity index (χ1n) is 11.4. The maximum Gasteiger partial charge on any atom is 0.418 e. The van der Waals surface area contributed by atoms with Gasteiger partial charge in [-0.25, -0.2) is 4.99 Å². The van der Waals surface area contributed by atoms with E-state index in [9.17, 15) is 18.0 Å². The molecule has 0 unspecified atom stereocenters. The molecule has 0 bridgehead atoms. The standard InChI is InChI=1S/C26H31ClF3N3O2/c1-6-19(21-11-14-35-16-21)15-22(26(28,29)30)18(5)32-24(17(4)27)25(34)33-12-9-20(10-13-33)23(7-2)31-8-3/h6-8,11,14-16,20H,9-10,12-13H2,1-5H3/b19-6+,22-15+,23-7-,24-17+,31-8?,32-18+. The third-order valence-electron chi connectivity index (χ3n) is 5.74. The Morgan fingerprint density at radius 1 is 1.17 bits per heavy atom. The van der Waals surface area contributed by atoms with Crippen molar-refractivity contribution < 1.29 is 22.4 Å². The number of rotatable bonds is 7. The molecule has 1 aliphatic heterocycles. The number of halogens is 4. The predicted octanol–water partition coefficient (Wildman–Crippen LogP) is 7.34. The van der Waals surface area contributed by atoms with Crippen LogP contribution in [0.3, 0.4) is 0 Å². The molecule has 1 aromatic heterocycles. The van der Waals surface area contributed by atoms with Gasteiger partial charge in [0.25, 0.3) is 5.91 Å². The zero-order valence-electron chi connectivity index (χ0n) is 20.6. The molecule has 5 nitrogen and oxygen atoms in total. The lowest BCUT2D eigenvalue weighted by Crippen LogP contribution is -2.39. The normalized spacial score (nSPS) is 18.4. The highest BCUT2D eigenvalue weighted by Gasteiger charge is 2.36. The SMILES string of the molecule is CC=N/C(=C\C)C1CCN(C(=O)C(/N=C(C)/C(=C\C(=C/C)c2ccoc2)C(F)(F)F)=C(/C)Cl)CC1. The lowest BCUT2D eigenvalue weighted by atomic mass is 9.93. The van der Waals surface area contributed by atoms with E-state index in [4.69, 9.17) is 16.0 Å². The van der Waals surface area contributed by atoms with Crippen LogP contribution in [-0.4, -0.2) is 42.0 Å². The van der Waals surface area contributed by atoms with Crippen LogP contribution in [-0.2, 0) is 4.79 Å². The average molecular weight is 510 g/mol. The van der Waals surface area contributed by atoms with Gasteiger partial charge in [0.15, 0.2) is 0 Å². The van der Waals surface area contributed by atoms with Crippen LogP contribution in [0.1, 0.15) is 53.0 Å². The number of furan rings is 1. The van der Waals surface area contributed by atoms with Gasteiger partial charge in [-0.1, -0.05) is 23.8 Å². The largest absolute Gasteiger partial charge is 0.472 e. The second-order valence-corrected chi connectivity index (χ2v) is 8.63. The van der Waals surface area contributed by atoms with Crippen molar-refractivity contribution in [2.45, 2.75) is 53.6 Å². The van der Waals surface area contributed by atoms with E-state index in [1.807, 2.05) is 19.9 Å². The molecule has 0 saturated carbocycles. The van der Waals surface area contributed by atoms with Crippen LogP contribution in [0, 0.1) is 5.92 Å². The molecule has 9 heteroatoms. The summed E-state index contributed by atoms with van der Waals surface area (Å²) in [5.74, 6) is -0.268. The Morgan fingerprint density at radius 2 is 1.83 bits per heavy atom. The molecule has 1 fully saturated rings. The summed E-state index contributed by atoms with van der Waals surface area (Å²) < 4.78 is 46.9. The van der Waals surface area contributed by atoms with E-state index in [1.165, 1.54) is 26.4 Å². The summed E-state index contributed by atoms with van der Waals surface area (Å²) in [5, 5.41) is 0.0313. The van der Waals surface area contributed by atoms with E-state index in [-0.39, 0.29) is 22.4 Å². The number of carbonyl (C=O) groups excluding carboxylic acids is 1. The number of aliphatic imine (C=N–C) groups is 2. The van der Waals surface area contributed by atoms with Crippen molar-refractivity contribution >= 4 is 35.0 Å². The van der Waals surface area contributed by atoms with Gasteiger partial charge in [0.05, 0.1) is 23.8 Å². The molecular weight excluding hydrogens is 479 g/mol. The van der Waals surface area contributed by atoms with Gasteiger partial charge in [-0.15, -0.1) is 0 Å². The Kier molecular flexibility index (Phi) is 10.3. The Labute approximate surface area is 209 Å². The topological polar surface area (TPSA) is 58.2 Å². The zero-order chi connectivity index (χ0) is 26.2. The molecule has 1 amide bonds. The summed E-state index contributed by atoms with van der Waals surface area (Å²) in [6.07, 6.45) is 5.68. The molecule has 190 valence electrons. The third-order valence-corrected chi connectivity index (χ3v) is 5.92. The van der Waals surface area contributed by atoms with Crippen molar-refractivity contribution in [3.63, 3.8) is 0 Å². The van der Waals surface area contributed by atoms with Gasteiger partial charge in [-0.05, 0) is 65.2 Å². The lowest BCUT2D eigenvalue weighted by Gasteiger charge is -2.32. The molecule has 0 atom stereocenters. The third kappa shape index (κ3) is 7.56. The first kappa shape index (κ1) is 28.4. The molecule has 0 aliphatic carbocycles.